The number of primary amides is 1. The zero-order valence-corrected chi connectivity index (χ0v) is 16.5. The van der Waals surface area contributed by atoms with Crippen molar-refractivity contribution >= 4 is 27.5 Å². The number of carbonyl (C=O) groups excluding carboxylic acids is 2. The molecule has 4 N–H and O–H groups in total. The van der Waals surface area contributed by atoms with Crippen LogP contribution in [0.5, 0.6) is 0 Å². The zero-order chi connectivity index (χ0) is 21.1. The van der Waals surface area contributed by atoms with Gasteiger partial charge in [-0.3, -0.25) is 9.59 Å². The molecule has 0 fully saturated rings. The van der Waals surface area contributed by atoms with E-state index in [1.54, 1.807) is 6.92 Å². The number of nitrogens with one attached hydrogen (secondary N) is 2. The second-order valence-corrected chi connectivity index (χ2v) is 8.26. The predicted molar refractivity (Wildman–Crippen MR) is 104 cm³/mol. The van der Waals surface area contributed by atoms with E-state index in [1.165, 1.54) is 56.3 Å². The second kappa shape index (κ2) is 8.49. The van der Waals surface area contributed by atoms with Gasteiger partial charge in [0.1, 0.15) is 5.82 Å². The molecule has 150 valence electrons. The molecule has 0 spiro atoms. The third kappa shape index (κ3) is 5.14. The van der Waals surface area contributed by atoms with Crippen molar-refractivity contribution in [3.05, 3.63) is 59.4 Å². The first kappa shape index (κ1) is 21.5. The number of rotatable bonds is 7. The first-order valence-corrected chi connectivity index (χ1v) is 9.99. The summed E-state index contributed by atoms with van der Waals surface area (Å²) >= 11 is 0. The number of aryl methyl sites for hydroxylation is 1. The van der Waals surface area contributed by atoms with E-state index in [9.17, 15) is 22.4 Å². The molecule has 0 radical (unpaired) electrons. The second-order valence-electron chi connectivity index (χ2n) is 6.55. The summed E-state index contributed by atoms with van der Waals surface area (Å²) in [6.07, 6.45) is 0. The Hall–Kier alpha value is -2.78. The molecule has 0 aromatic heterocycles. The molecule has 2 amide bonds. The lowest BCUT2D eigenvalue weighted by Gasteiger charge is -2.18. The molecule has 0 bridgehead atoms. The number of nitrogens with two attached hydrogens (primary N) is 1. The lowest BCUT2D eigenvalue weighted by Crippen LogP contribution is -2.42. The Labute approximate surface area is 163 Å². The number of carbonyl (C=O) groups is 2. The standard InChI is InChI=1S/C19H22FN3O4S/c1-11-9-15(7-8-17(11)20)22-19(25)14-5-4-6-16(10-14)28(26,27)23-13(3)12(2)18(21)24/h4-10,12-13,23H,1-3H3,(H2,21,24)(H,22,25). The minimum atomic E-state index is -3.97. The molecular formula is C19H22FN3O4S. The summed E-state index contributed by atoms with van der Waals surface area (Å²) in [5, 5.41) is 2.60. The minimum Gasteiger partial charge on any atom is -0.369 e. The van der Waals surface area contributed by atoms with Gasteiger partial charge in [0.05, 0.1) is 10.8 Å². The molecule has 0 saturated carbocycles. The van der Waals surface area contributed by atoms with Crippen LogP contribution >= 0.6 is 0 Å². The van der Waals surface area contributed by atoms with Crippen molar-refractivity contribution in [3.8, 4) is 0 Å². The number of benzene rings is 2. The number of amides is 2. The van der Waals surface area contributed by atoms with Gasteiger partial charge in [0.25, 0.3) is 5.91 Å². The molecule has 0 aliphatic carbocycles. The summed E-state index contributed by atoms with van der Waals surface area (Å²) in [4.78, 5) is 23.5. The molecule has 2 aromatic carbocycles. The van der Waals surface area contributed by atoms with Crippen molar-refractivity contribution in [2.24, 2.45) is 11.7 Å². The summed E-state index contributed by atoms with van der Waals surface area (Å²) in [5.74, 6) is -2.26. The van der Waals surface area contributed by atoms with Crippen molar-refractivity contribution in [1.82, 2.24) is 4.72 Å². The van der Waals surface area contributed by atoms with Gasteiger partial charge in [-0.25, -0.2) is 17.5 Å². The fourth-order valence-corrected chi connectivity index (χ4v) is 3.76. The minimum absolute atomic E-state index is 0.112. The fraction of sp³-hybridized carbons (Fsp3) is 0.263. The molecule has 28 heavy (non-hydrogen) atoms. The van der Waals surface area contributed by atoms with E-state index in [1.807, 2.05) is 0 Å². The van der Waals surface area contributed by atoms with Crippen molar-refractivity contribution < 1.29 is 22.4 Å². The Kier molecular flexibility index (Phi) is 6.52. The first-order valence-electron chi connectivity index (χ1n) is 8.50. The van der Waals surface area contributed by atoms with Crippen LogP contribution in [0.25, 0.3) is 0 Å². The van der Waals surface area contributed by atoms with Gasteiger partial charge in [-0.2, -0.15) is 0 Å². The summed E-state index contributed by atoms with van der Waals surface area (Å²) < 4.78 is 40.8. The van der Waals surface area contributed by atoms with Crippen LogP contribution in [0.15, 0.2) is 47.4 Å². The largest absolute Gasteiger partial charge is 0.369 e. The van der Waals surface area contributed by atoms with Crippen LogP contribution in [0, 0.1) is 18.7 Å². The van der Waals surface area contributed by atoms with Crippen LogP contribution in [-0.2, 0) is 14.8 Å². The summed E-state index contributed by atoms with van der Waals surface area (Å²) in [6, 6.07) is 8.84. The van der Waals surface area contributed by atoms with E-state index in [-0.39, 0.29) is 10.5 Å². The Morgan fingerprint density at radius 1 is 1.11 bits per heavy atom. The average molecular weight is 407 g/mol. The molecule has 7 nitrogen and oxygen atoms in total. The van der Waals surface area contributed by atoms with E-state index < -0.39 is 39.6 Å². The number of hydrogen-bond donors (Lipinski definition) is 3. The smallest absolute Gasteiger partial charge is 0.255 e. The lowest BCUT2D eigenvalue weighted by atomic mass is 10.1. The van der Waals surface area contributed by atoms with Gasteiger partial charge in [0.15, 0.2) is 0 Å². The van der Waals surface area contributed by atoms with Crippen LogP contribution in [0.4, 0.5) is 10.1 Å². The molecule has 9 heteroatoms. The fourth-order valence-electron chi connectivity index (χ4n) is 2.39. The average Bonchev–Trinajstić information content (AvgIpc) is 2.63. The monoisotopic (exact) mass is 407 g/mol. The van der Waals surface area contributed by atoms with Crippen LogP contribution in [0.1, 0.15) is 29.8 Å². The Morgan fingerprint density at radius 2 is 1.79 bits per heavy atom. The summed E-state index contributed by atoms with van der Waals surface area (Å²) in [7, 11) is -3.97. The summed E-state index contributed by atoms with van der Waals surface area (Å²) in [6.45, 7) is 4.61. The molecule has 0 saturated heterocycles. The highest BCUT2D eigenvalue weighted by Crippen LogP contribution is 2.17. The van der Waals surface area contributed by atoms with Crippen LogP contribution in [0.2, 0.25) is 0 Å². The third-order valence-electron chi connectivity index (χ3n) is 4.36. The highest BCUT2D eigenvalue weighted by atomic mass is 32.2. The number of anilines is 1. The van der Waals surface area contributed by atoms with Crippen molar-refractivity contribution in [2.75, 3.05) is 5.32 Å². The lowest BCUT2D eigenvalue weighted by molar-refractivity contribution is -0.121. The molecule has 2 atom stereocenters. The quantitative estimate of drug-likeness (QED) is 0.652. The number of halogens is 1. The van der Waals surface area contributed by atoms with Gasteiger partial charge >= 0.3 is 0 Å². The van der Waals surface area contributed by atoms with Gasteiger partial charge < -0.3 is 11.1 Å². The SMILES string of the molecule is Cc1cc(NC(=O)c2cccc(S(=O)(=O)NC(C)C(C)C(N)=O)c2)ccc1F. The van der Waals surface area contributed by atoms with Crippen molar-refractivity contribution in [3.63, 3.8) is 0 Å². The molecule has 2 aromatic rings. The molecule has 0 aliphatic heterocycles. The van der Waals surface area contributed by atoms with E-state index in [4.69, 9.17) is 5.73 Å². The molecule has 0 aliphatic rings. The third-order valence-corrected chi connectivity index (χ3v) is 5.92. The Balaban J connectivity index is 2.21. The van der Waals surface area contributed by atoms with E-state index >= 15 is 0 Å². The van der Waals surface area contributed by atoms with Gasteiger partial charge in [-0.1, -0.05) is 13.0 Å². The van der Waals surface area contributed by atoms with Crippen molar-refractivity contribution in [2.45, 2.75) is 31.7 Å². The van der Waals surface area contributed by atoms with E-state index in [2.05, 4.69) is 10.0 Å². The molecule has 2 unspecified atom stereocenters. The van der Waals surface area contributed by atoms with Crippen LogP contribution < -0.4 is 15.8 Å². The first-order chi connectivity index (χ1) is 13.0. The highest BCUT2D eigenvalue weighted by Gasteiger charge is 2.24. The van der Waals surface area contributed by atoms with Gasteiger partial charge in [0, 0.05) is 17.3 Å². The van der Waals surface area contributed by atoms with Crippen LogP contribution in [0.3, 0.4) is 0 Å². The Morgan fingerprint density at radius 3 is 2.39 bits per heavy atom. The van der Waals surface area contributed by atoms with Crippen molar-refractivity contribution in [1.29, 1.82) is 0 Å². The van der Waals surface area contributed by atoms with Gasteiger partial charge in [-0.05, 0) is 55.8 Å². The highest BCUT2D eigenvalue weighted by molar-refractivity contribution is 7.89. The maximum absolute atomic E-state index is 13.3. The predicted octanol–water partition coefficient (Wildman–Crippen LogP) is 2.17. The Bertz CT molecular complexity index is 1010. The van der Waals surface area contributed by atoms with E-state index in [0.29, 0.717) is 11.3 Å². The zero-order valence-electron chi connectivity index (χ0n) is 15.7. The maximum Gasteiger partial charge on any atom is 0.255 e. The normalized spacial score (nSPS) is 13.6. The van der Waals surface area contributed by atoms with Gasteiger partial charge in [-0.15, -0.1) is 0 Å². The summed E-state index contributed by atoms with van der Waals surface area (Å²) in [5.41, 5.74) is 6.07. The molecular weight excluding hydrogens is 385 g/mol. The number of sulfonamides is 1. The maximum atomic E-state index is 13.3. The molecule has 2 rings (SSSR count). The molecule has 0 heterocycles. The topological polar surface area (TPSA) is 118 Å². The number of hydrogen-bond acceptors (Lipinski definition) is 4. The van der Waals surface area contributed by atoms with Gasteiger partial charge in [0.2, 0.25) is 15.9 Å². The van der Waals surface area contributed by atoms with Crippen LogP contribution in [-0.4, -0.2) is 26.3 Å². The van der Waals surface area contributed by atoms with E-state index in [0.717, 1.165) is 0 Å².